The molecule has 1 rings (SSSR count). The van der Waals surface area contributed by atoms with Gasteiger partial charge in [0.05, 0.1) is 10.2 Å². The summed E-state index contributed by atoms with van der Waals surface area (Å²) < 4.78 is 47.2. The molecule has 0 aliphatic heterocycles. The van der Waals surface area contributed by atoms with Crippen LogP contribution in [0.2, 0.25) is 0 Å². The first-order valence-electron chi connectivity index (χ1n) is 3.44. The molecule has 1 aromatic rings. The molecular weight excluding hydrogens is 280 g/mol. The zero-order valence-corrected chi connectivity index (χ0v) is 9.20. The molecule has 0 spiro atoms. The molecule has 0 saturated carbocycles. The molecule has 0 heterocycles. The largest absolute Gasteiger partial charge is 0.228 e. The van der Waals surface area contributed by atoms with E-state index in [-0.39, 0.29) is 10.0 Å². The van der Waals surface area contributed by atoms with Crippen LogP contribution in [0.4, 0.5) is 8.78 Å². The zero-order valence-electron chi connectivity index (χ0n) is 6.80. The lowest BCUT2D eigenvalue weighted by Crippen LogP contribution is -2.15. The fourth-order valence-corrected chi connectivity index (χ4v) is 1.86. The van der Waals surface area contributed by atoms with E-state index >= 15 is 0 Å². The predicted molar refractivity (Wildman–Crippen MR) is 50.9 cm³/mol. The van der Waals surface area contributed by atoms with E-state index in [9.17, 15) is 17.2 Å². The molecule has 7 heteroatoms. The number of benzene rings is 1. The Morgan fingerprint density at radius 3 is 2.36 bits per heavy atom. The minimum atomic E-state index is -3.85. The number of hydrogen-bond donors (Lipinski definition) is 1. The summed E-state index contributed by atoms with van der Waals surface area (Å²) in [5.41, 5.74) is -0.284. The third-order valence-electron chi connectivity index (χ3n) is 1.47. The van der Waals surface area contributed by atoms with Gasteiger partial charge in [0, 0.05) is 5.56 Å². The van der Waals surface area contributed by atoms with Gasteiger partial charge in [0.2, 0.25) is 10.0 Å². The molecule has 2 N–H and O–H groups in total. The fourth-order valence-electron chi connectivity index (χ4n) is 0.894. The van der Waals surface area contributed by atoms with Crippen LogP contribution in [0.1, 0.15) is 5.56 Å². The molecule has 0 unspecified atom stereocenters. The van der Waals surface area contributed by atoms with Crippen molar-refractivity contribution in [3.63, 3.8) is 0 Å². The highest BCUT2D eigenvalue weighted by molar-refractivity contribution is 9.10. The average molecular weight is 286 g/mol. The van der Waals surface area contributed by atoms with Crippen molar-refractivity contribution in [1.82, 2.24) is 0 Å². The van der Waals surface area contributed by atoms with E-state index in [1.807, 2.05) is 0 Å². The van der Waals surface area contributed by atoms with Crippen LogP contribution in [0.15, 0.2) is 16.6 Å². The summed E-state index contributed by atoms with van der Waals surface area (Å²) in [4.78, 5) is 0. The van der Waals surface area contributed by atoms with Gasteiger partial charge in [-0.3, -0.25) is 0 Å². The number of primary sulfonamides is 1. The number of sulfonamides is 1. The maximum Gasteiger partial charge on any atom is 0.213 e. The maximum absolute atomic E-state index is 13.1. The highest BCUT2D eigenvalue weighted by atomic mass is 79.9. The SMILES string of the molecule is NS(=O)(=O)Cc1ccc(Br)c(F)c1F. The second-order valence-corrected chi connectivity index (χ2v) is 5.11. The molecule has 0 radical (unpaired) electrons. The molecule has 0 bridgehead atoms. The molecule has 0 aliphatic carbocycles. The molecule has 0 atom stereocenters. The van der Waals surface area contributed by atoms with Crippen LogP contribution in [0.25, 0.3) is 0 Å². The van der Waals surface area contributed by atoms with Gasteiger partial charge in [0.15, 0.2) is 11.6 Å². The molecule has 0 aliphatic rings. The van der Waals surface area contributed by atoms with Crippen molar-refractivity contribution in [2.45, 2.75) is 5.75 Å². The number of rotatable bonds is 2. The van der Waals surface area contributed by atoms with Gasteiger partial charge in [-0.2, -0.15) is 0 Å². The number of nitrogens with two attached hydrogens (primary N) is 1. The minimum absolute atomic E-state index is 0.0619. The van der Waals surface area contributed by atoms with E-state index in [1.165, 1.54) is 6.07 Å². The lowest BCUT2D eigenvalue weighted by Gasteiger charge is -2.03. The third-order valence-corrected chi connectivity index (χ3v) is 2.80. The van der Waals surface area contributed by atoms with Crippen LogP contribution in [0, 0.1) is 11.6 Å². The van der Waals surface area contributed by atoms with Crippen LogP contribution in [-0.4, -0.2) is 8.42 Å². The smallest absolute Gasteiger partial charge is 0.213 e. The molecule has 14 heavy (non-hydrogen) atoms. The lowest BCUT2D eigenvalue weighted by molar-refractivity contribution is 0.497. The van der Waals surface area contributed by atoms with E-state index in [0.29, 0.717) is 0 Å². The third kappa shape index (κ3) is 2.73. The maximum atomic E-state index is 13.1. The standard InChI is InChI=1S/C7H6BrF2NO2S/c8-5-2-1-4(3-14(11,12)13)6(9)7(5)10/h1-2H,3H2,(H2,11,12,13). The molecule has 0 amide bonds. The normalized spacial score (nSPS) is 11.7. The van der Waals surface area contributed by atoms with Gasteiger partial charge in [-0.05, 0) is 22.0 Å². The van der Waals surface area contributed by atoms with Gasteiger partial charge in [0.1, 0.15) is 0 Å². The Balaban J connectivity index is 3.19. The first kappa shape index (κ1) is 11.5. The molecular formula is C7H6BrF2NO2S. The molecule has 3 nitrogen and oxygen atoms in total. The number of halogens is 3. The number of hydrogen-bond acceptors (Lipinski definition) is 2. The van der Waals surface area contributed by atoms with Gasteiger partial charge >= 0.3 is 0 Å². The van der Waals surface area contributed by atoms with Crippen LogP contribution >= 0.6 is 15.9 Å². The van der Waals surface area contributed by atoms with Gasteiger partial charge in [-0.1, -0.05) is 6.07 Å². The molecule has 78 valence electrons. The Morgan fingerprint density at radius 1 is 1.29 bits per heavy atom. The van der Waals surface area contributed by atoms with Gasteiger partial charge in [-0.15, -0.1) is 0 Å². The first-order valence-corrected chi connectivity index (χ1v) is 5.95. The second-order valence-electron chi connectivity index (χ2n) is 2.64. The van der Waals surface area contributed by atoms with E-state index in [4.69, 9.17) is 5.14 Å². The monoisotopic (exact) mass is 285 g/mol. The fraction of sp³-hybridized carbons (Fsp3) is 0.143. The summed E-state index contributed by atoms with van der Waals surface area (Å²) in [7, 11) is -3.85. The van der Waals surface area contributed by atoms with Crippen molar-refractivity contribution >= 4 is 26.0 Å². The van der Waals surface area contributed by atoms with Crippen LogP contribution in [-0.2, 0) is 15.8 Å². The average Bonchev–Trinajstić information content (AvgIpc) is 2.04. The van der Waals surface area contributed by atoms with Crippen molar-refractivity contribution in [2.24, 2.45) is 5.14 Å². The Hall–Kier alpha value is -0.530. The van der Waals surface area contributed by atoms with E-state index < -0.39 is 27.4 Å². The first-order chi connectivity index (χ1) is 6.31. The van der Waals surface area contributed by atoms with Crippen LogP contribution in [0.3, 0.4) is 0 Å². The van der Waals surface area contributed by atoms with E-state index in [1.54, 1.807) is 0 Å². The van der Waals surface area contributed by atoms with Crippen molar-refractivity contribution in [3.8, 4) is 0 Å². The Bertz CT molecular complexity index is 461. The summed E-state index contributed by atoms with van der Waals surface area (Å²) in [6.07, 6.45) is 0. The lowest BCUT2D eigenvalue weighted by atomic mass is 10.2. The van der Waals surface area contributed by atoms with Crippen LogP contribution < -0.4 is 5.14 Å². The zero-order chi connectivity index (χ0) is 10.9. The van der Waals surface area contributed by atoms with Gasteiger partial charge in [-0.25, -0.2) is 22.3 Å². The van der Waals surface area contributed by atoms with Crippen molar-refractivity contribution in [1.29, 1.82) is 0 Å². The minimum Gasteiger partial charge on any atom is -0.228 e. The molecule has 1 aromatic carbocycles. The predicted octanol–water partition coefficient (Wildman–Crippen LogP) is 1.52. The quantitative estimate of drug-likeness (QED) is 0.838. The summed E-state index contributed by atoms with van der Waals surface area (Å²) >= 11 is 2.76. The van der Waals surface area contributed by atoms with Gasteiger partial charge in [0.25, 0.3) is 0 Å². The Kier molecular flexibility index (Phi) is 3.23. The van der Waals surface area contributed by atoms with Crippen molar-refractivity contribution in [3.05, 3.63) is 33.8 Å². The summed E-state index contributed by atoms with van der Waals surface area (Å²) in [5, 5.41) is 4.70. The van der Waals surface area contributed by atoms with Crippen molar-refractivity contribution < 1.29 is 17.2 Å². The highest BCUT2D eigenvalue weighted by Gasteiger charge is 2.15. The highest BCUT2D eigenvalue weighted by Crippen LogP contribution is 2.21. The van der Waals surface area contributed by atoms with Crippen molar-refractivity contribution in [2.75, 3.05) is 0 Å². The molecule has 0 aromatic heterocycles. The Morgan fingerprint density at radius 2 is 1.86 bits per heavy atom. The summed E-state index contributed by atoms with van der Waals surface area (Å²) in [5.74, 6) is -3.04. The molecule has 0 saturated heterocycles. The summed E-state index contributed by atoms with van der Waals surface area (Å²) in [6, 6.07) is 2.38. The van der Waals surface area contributed by atoms with E-state index in [2.05, 4.69) is 15.9 Å². The molecule has 0 fully saturated rings. The second kappa shape index (κ2) is 3.92. The summed E-state index contributed by atoms with van der Waals surface area (Å²) in [6.45, 7) is 0. The topological polar surface area (TPSA) is 60.2 Å². The van der Waals surface area contributed by atoms with Crippen LogP contribution in [0.5, 0.6) is 0 Å². The van der Waals surface area contributed by atoms with Gasteiger partial charge < -0.3 is 0 Å². The van der Waals surface area contributed by atoms with E-state index in [0.717, 1.165) is 6.07 Å². The Labute approximate surface area is 88.1 Å².